The molecule has 4 heterocycles. The molecule has 1 aromatic rings. The van der Waals surface area contributed by atoms with E-state index in [2.05, 4.69) is 31.0 Å². The molecule has 1 aromatic heterocycles. The molecule has 0 spiro atoms. The van der Waals surface area contributed by atoms with Crippen LogP contribution >= 0.6 is 27.3 Å². The Bertz CT molecular complexity index is 518. The van der Waals surface area contributed by atoms with Crippen molar-refractivity contribution in [3.63, 3.8) is 0 Å². The number of carbonyl (C=O) groups is 1. The fourth-order valence-corrected chi connectivity index (χ4v) is 3.81. The van der Waals surface area contributed by atoms with E-state index in [1.807, 2.05) is 25.7 Å². The first-order valence-electron chi connectivity index (χ1n) is 6.59. The third kappa shape index (κ3) is 2.63. The summed E-state index contributed by atoms with van der Waals surface area (Å²) in [7, 11) is 0. The largest absolute Gasteiger partial charge is 0.444 e. The number of rotatable bonds is 1. The lowest BCUT2D eigenvalue weighted by Gasteiger charge is -2.55. The zero-order valence-corrected chi connectivity index (χ0v) is 14.1. The number of piperidine rings is 1. The molecular weight excluding hydrogens is 344 g/mol. The van der Waals surface area contributed by atoms with Crippen LogP contribution in [0.1, 0.15) is 27.2 Å². The topological polar surface area (TPSA) is 58.6 Å². The number of fused-ring (bicyclic) bond motifs is 2. The van der Waals surface area contributed by atoms with Gasteiger partial charge in [-0.2, -0.15) is 0 Å². The molecule has 6 nitrogen and oxygen atoms in total. The molecule has 3 aliphatic heterocycles. The fraction of sp³-hybridized carbons (Fsp3) is 0.750. The molecule has 0 saturated carbocycles. The van der Waals surface area contributed by atoms with Crippen LogP contribution in [0.4, 0.5) is 9.93 Å². The maximum absolute atomic E-state index is 12.2. The van der Waals surface area contributed by atoms with Crippen molar-refractivity contribution in [2.45, 2.75) is 44.9 Å². The molecule has 2 atom stereocenters. The van der Waals surface area contributed by atoms with E-state index in [4.69, 9.17) is 4.74 Å². The summed E-state index contributed by atoms with van der Waals surface area (Å²) < 4.78 is 6.25. The molecule has 0 aromatic carbocycles. The van der Waals surface area contributed by atoms with Crippen molar-refractivity contribution in [1.29, 1.82) is 0 Å². The Morgan fingerprint density at radius 2 is 2.00 bits per heavy atom. The predicted octanol–water partition coefficient (Wildman–Crippen LogP) is 2.50. The molecular formula is C12H17BrN4O2S. The minimum absolute atomic E-state index is 0.197. The van der Waals surface area contributed by atoms with Crippen LogP contribution in [0.2, 0.25) is 0 Å². The smallest absolute Gasteiger partial charge is 0.410 e. The summed E-state index contributed by atoms with van der Waals surface area (Å²) in [6.07, 6.45) is 0.854. The van der Waals surface area contributed by atoms with Gasteiger partial charge >= 0.3 is 6.09 Å². The average molecular weight is 361 g/mol. The maximum Gasteiger partial charge on any atom is 0.410 e. The number of hydrogen-bond donors (Lipinski definition) is 0. The first-order valence-corrected chi connectivity index (χ1v) is 8.20. The standard InChI is InChI=1S/C12H17BrN4O2S/c1-12(2,3)19-11(18)17-7-4-8(17)6-16(5-7)10-15-14-9(13)20-10/h7-8H,4-6H2,1-3H3. The molecule has 0 N–H and O–H groups in total. The highest BCUT2D eigenvalue weighted by molar-refractivity contribution is 9.11. The second kappa shape index (κ2) is 4.84. The Balaban J connectivity index is 1.64. The van der Waals surface area contributed by atoms with Crippen molar-refractivity contribution in [1.82, 2.24) is 15.1 Å². The predicted molar refractivity (Wildman–Crippen MR) is 80.1 cm³/mol. The van der Waals surface area contributed by atoms with Gasteiger partial charge in [-0.25, -0.2) is 4.79 Å². The van der Waals surface area contributed by atoms with Crippen molar-refractivity contribution in [2.24, 2.45) is 0 Å². The SMILES string of the molecule is CC(C)(C)OC(=O)N1C2CC1CN(c1nnc(Br)s1)C2. The number of anilines is 1. The maximum atomic E-state index is 12.2. The average Bonchev–Trinajstić information content (AvgIpc) is 2.73. The quantitative estimate of drug-likeness (QED) is 0.769. The summed E-state index contributed by atoms with van der Waals surface area (Å²) >= 11 is 4.85. The molecule has 20 heavy (non-hydrogen) atoms. The van der Waals surface area contributed by atoms with E-state index < -0.39 is 5.60 Å². The lowest BCUT2D eigenvalue weighted by Crippen LogP contribution is -2.70. The Labute approximate surface area is 130 Å². The minimum atomic E-state index is -0.440. The first-order chi connectivity index (χ1) is 9.33. The third-order valence-corrected chi connectivity index (χ3v) is 4.87. The van der Waals surface area contributed by atoms with Gasteiger partial charge in [0, 0.05) is 13.1 Å². The normalized spacial score (nSPS) is 25.4. The van der Waals surface area contributed by atoms with Crippen LogP contribution in [0, 0.1) is 0 Å². The van der Waals surface area contributed by atoms with E-state index in [1.165, 1.54) is 11.3 Å². The molecule has 110 valence electrons. The van der Waals surface area contributed by atoms with Gasteiger partial charge in [0.2, 0.25) is 5.13 Å². The second-order valence-corrected chi connectivity index (χ2v) is 8.41. The van der Waals surface area contributed by atoms with Crippen LogP contribution in [0.15, 0.2) is 3.92 Å². The lowest BCUT2D eigenvalue weighted by molar-refractivity contribution is -0.0379. The van der Waals surface area contributed by atoms with Gasteiger partial charge in [-0.3, -0.25) is 4.90 Å². The third-order valence-electron chi connectivity index (χ3n) is 3.46. The lowest BCUT2D eigenvalue weighted by atomic mass is 9.88. The monoisotopic (exact) mass is 360 g/mol. The number of piperazine rings is 1. The molecule has 3 fully saturated rings. The molecule has 3 aliphatic rings. The Morgan fingerprint density at radius 3 is 2.50 bits per heavy atom. The van der Waals surface area contributed by atoms with Gasteiger partial charge in [0.25, 0.3) is 0 Å². The van der Waals surface area contributed by atoms with Crippen molar-refractivity contribution in [2.75, 3.05) is 18.0 Å². The van der Waals surface area contributed by atoms with Crippen LogP contribution in [0.25, 0.3) is 0 Å². The summed E-state index contributed by atoms with van der Waals surface area (Å²) in [5.41, 5.74) is -0.440. The zero-order chi connectivity index (χ0) is 14.5. The van der Waals surface area contributed by atoms with Gasteiger partial charge in [0.05, 0.1) is 12.1 Å². The number of amides is 1. The molecule has 3 saturated heterocycles. The molecule has 0 radical (unpaired) electrons. The number of hydrogen-bond acceptors (Lipinski definition) is 6. The van der Waals surface area contributed by atoms with Crippen LogP contribution < -0.4 is 4.90 Å². The van der Waals surface area contributed by atoms with Crippen molar-refractivity contribution in [3.8, 4) is 0 Å². The highest BCUT2D eigenvalue weighted by Crippen LogP contribution is 2.37. The fourth-order valence-electron chi connectivity index (χ4n) is 2.70. The summed E-state index contributed by atoms with van der Waals surface area (Å²) in [5, 5.41) is 9.02. The van der Waals surface area contributed by atoms with E-state index >= 15 is 0 Å². The molecule has 4 rings (SSSR count). The van der Waals surface area contributed by atoms with E-state index in [-0.39, 0.29) is 18.2 Å². The Morgan fingerprint density at radius 1 is 1.35 bits per heavy atom. The molecule has 0 aliphatic carbocycles. The minimum Gasteiger partial charge on any atom is -0.444 e. The van der Waals surface area contributed by atoms with Crippen molar-refractivity contribution < 1.29 is 9.53 Å². The Kier molecular flexibility index (Phi) is 3.40. The molecule has 8 heteroatoms. The highest BCUT2D eigenvalue weighted by atomic mass is 79.9. The Hall–Kier alpha value is -0.890. The van der Waals surface area contributed by atoms with Crippen LogP contribution in [-0.2, 0) is 4.74 Å². The zero-order valence-electron chi connectivity index (χ0n) is 11.7. The van der Waals surface area contributed by atoms with Crippen LogP contribution in [-0.4, -0.2) is 52.0 Å². The van der Waals surface area contributed by atoms with Crippen LogP contribution in [0.5, 0.6) is 0 Å². The van der Waals surface area contributed by atoms with Crippen molar-refractivity contribution in [3.05, 3.63) is 3.92 Å². The molecule has 1 amide bonds. The molecule has 2 bridgehead atoms. The van der Waals surface area contributed by atoms with E-state index in [0.717, 1.165) is 28.6 Å². The van der Waals surface area contributed by atoms with Gasteiger partial charge in [-0.05, 0) is 43.1 Å². The van der Waals surface area contributed by atoms with Crippen molar-refractivity contribution >= 4 is 38.5 Å². The number of ether oxygens (including phenoxy) is 1. The van der Waals surface area contributed by atoms with Gasteiger partial charge < -0.3 is 9.64 Å². The number of nitrogens with zero attached hydrogens (tertiary/aromatic N) is 4. The summed E-state index contributed by atoms with van der Waals surface area (Å²) in [6, 6.07) is 0.456. The van der Waals surface area contributed by atoms with E-state index in [9.17, 15) is 4.79 Å². The summed E-state index contributed by atoms with van der Waals surface area (Å²) in [4.78, 5) is 16.2. The molecule has 2 unspecified atom stereocenters. The number of halogens is 1. The van der Waals surface area contributed by atoms with Gasteiger partial charge in [0.1, 0.15) is 5.60 Å². The first kappa shape index (κ1) is 14.1. The number of carbonyl (C=O) groups excluding carboxylic acids is 1. The highest BCUT2D eigenvalue weighted by Gasteiger charge is 2.49. The van der Waals surface area contributed by atoms with E-state index in [0.29, 0.717) is 0 Å². The van der Waals surface area contributed by atoms with Gasteiger partial charge in [-0.15, -0.1) is 10.2 Å². The van der Waals surface area contributed by atoms with Gasteiger partial charge in [-0.1, -0.05) is 11.3 Å². The summed E-state index contributed by atoms with van der Waals surface area (Å²) in [5.74, 6) is 0. The van der Waals surface area contributed by atoms with Gasteiger partial charge in [0.15, 0.2) is 3.92 Å². The van der Waals surface area contributed by atoms with Crippen LogP contribution in [0.3, 0.4) is 0 Å². The van der Waals surface area contributed by atoms with E-state index in [1.54, 1.807) is 0 Å². The summed E-state index contributed by atoms with van der Waals surface area (Å²) in [6.45, 7) is 7.29. The number of aromatic nitrogens is 2. The second-order valence-electron chi connectivity index (χ2n) is 6.17.